The smallest absolute Gasteiger partial charge is 0.382 e. The largest absolute Gasteiger partial charge is 2.00 e. The summed E-state index contributed by atoms with van der Waals surface area (Å²) in [5, 5.41) is 0. The van der Waals surface area contributed by atoms with E-state index in [1.54, 1.807) is 7.11 Å². The predicted octanol–water partition coefficient (Wildman–Crippen LogP) is 1.48. The third kappa shape index (κ3) is 6.55. The van der Waals surface area contributed by atoms with Crippen LogP contribution in [0.4, 0.5) is 0 Å². The quantitative estimate of drug-likeness (QED) is 0.796. The van der Waals surface area contributed by atoms with Gasteiger partial charge in [0.05, 0.1) is 25.2 Å². The van der Waals surface area contributed by atoms with E-state index in [2.05, 4.69) is 0 Å². The summed E-state index contributed by atoms with van der Waals surface area (Å²) < 4.78 is 16.3. The Kier molecular flexibility index (Phi) is 10.1. The van der Waals surface area contributed by atoms with E-state index >= 15 is 0 Å². The van der Waals surface area contributed by atoms with Crippen molar-refractivity contribution < 1.29 is 31.3 Å². The van der Waals surface area contributed by atoms with Gasteiger partial charge in [0.1, 0.15) is 0 Å². The number of ether oxygens (including phenoxy) is 3. The van der Waals surface area contributed by atoms with Gasteiger partial charge in [-0.2, -0.15) is 0 Å². The van der Waals surface area contributed by atoms with Crippen LogP contribution in [-0.2, 0) is 31.3 Å². The van der Waals surface area contributed by atoms with E-state index in [9.17, 15) is 0 Å². The standard InChI is InChI=1S/C11H16NO3.C5H5.Fe/c1-13-7-8-5-6-14-11(15-8)9-3-2-4-10(9)12;1-2-4-5-3-1;/h2-4,8,11H,5-7,12H2,1H3;1-5H;/q;;+2/t8-,11-;;/m0../s1. The summed E-state index contributed by atoms with van der Waals surface area (Å²) in [6.45, 7) is 1.28. The van der Waals surface area contributed by atoms with Crippen molar-refractivity contribution in [2.75, 3.05) is 20.3 Å². The molecule has 0 unspecified atom stereocenters. The van der Waals surface area contributed by atoms with Crippen molar-refractivity contribution in [1.82, 2.24) is 0 Å². The molecule has 3 rings (SSSR count). The Labute approximate surface area is 139 Å². The molecule has 0 aromatic rings. The van der Waals surface area contributed by atoms with Gasteiger partial charge in [-0.3, -0.25) is 0 Å². The maximum atomic E-state index is 5.80. The number of hydrogen-bond acceptors (Lipinski definition) is 4. The minimum atomic E-state index is -0.339. The van der Waals surface area contributed by atoms with Crippen molar-refractivity contribution >= 4 is 0 Å². The van der Waals surface area contributed by atoms with Gasteiger partial charge >= 0.3 is 17.1 Å². The fourth-order valence-electron chi connectivity index (χ4n) is 2.04. The summed E-state index contributed by atoms with van der Waals surface area (Å²) in [4.78, 5) is 0. The summed E-state index contributed by atoms with van der Waals surface area (Å²) in [6.07, 6.45) is 16.3. The van der Waals surface area contributed by atoms with E-state index in [-0.39, 0.29) is 29.5 Å². The second kappa shape index (κ2) is 11.0. The van der Waals surface area contributed by atoms with Gasteiger partial charge in [0.2, 0.25) is 0 Å². The van der Waals surface area contributed by atoms with Gasteiger partial charge in [-0.15, -0.1) is 0 Å². The van der Waals surface area contributed by atoms with E-state index in [4.69, 9.17) is 19.9 Å². The van der Waals surface area contributed by atoms with Crippen molar-refractivity contribution in [2.45, 2.75) is 18.8 Å². The number of hydrogen-bond donors (Lipinski definition) is 1. The Morgan fingerprint density at radius 1 is 1.14 bits per heavy atom. The second-order valence-electron chi connectivity index (χ2n) is 4.60. The van der Waals surface area contributed by atoms with E-state index < -0.39 is 0 Å². The fraction of sp³-hybridized carbons (Fsp3) is 0.375. The molecule has 0 bridgehead atoms. The molecule has 0 amide bonds. The number of methoxy groups -OCH3 is 1. The third-order valence-corrected chi connectivity index (χ3v) is 3.07. The molecule has 2 saturated carbocycles. The summed E-state index contributed by atoms with van der Waals surface area (Å²) in [5.74, 6) is 0.913. The Morgan fingerprint density at radius 3 is 2.33 bits per heavy atom. The first-order valence-electron chi connectivity index (χ1n) is 6.75. The molecular weight excluding hydrogens is 310 g/mol. The molecule has 114 valence electrons. The average molecular weight is 331 g/mol. The minimum Gasteiger partial charge on any atom is -0.382 e. The van der Waals surface area contributed by atoms with E-state index in [1.165, 1.54) is 0 Å². The van der Waals surface area contributed by atoms with Crippen molar-refractivity contribution in [3.63, 3.8) is 0 Å². The topological polar surface area (TPSA) is 53.7 Å². The molecule has 2 atom stereocenters. The van der Waals surface area contributed by atoms with E-state index in [0.717, 1.165) is 18.4 Å². The van der Waals surface area contributed by atoms with Gasteiger partial charge in [0.15, 0.2) is 6.29 Å². The molecule has 1 saturated heterocycles. The maximum absolute atomic E-state index is 5.80. The first kappa shape index (κ1) is 19.4. The zero-order chi connectivity index (χ0) is 14.2. The number of nitrogens with two attached hydrogens (primary N) is 1. The summed E-state index contributed by atoms with van der Waals surface area (Å²) in [5.41, 5.74) is 5.80. The van der Waals surface area contributed by atoms with Crippen molar-refractivity contribution in [1.29, 1.82) is 0 Å². The summed E-state index contributed by atoms with van der Waals surface area (Å²) in [7, 11) is 1.67. The number of rotatable bonds is 3. The first-order chi connectivity index (χ1) is 9.81. The second-order valence-corrected chi connectivity index (χ2v) is 4.60. The molecule has 21 heavy (non-hydrogen) atoms. The predicted molar refractivity (Wildman–Crippen MR) is 76.2 cm³/mol. The van der Waals surface area contributed by atoms with Crippen LogP contribution < -0.4 is 5.73 Å². The molecule has 3 aliphatic rings. The molecule has 5 heteroatoms. The van der Waals surface area contributed by atoms with Gasteiger partial charge in [0.25, 0.3) is 0 Å². The monoisotopic (exact) mass is 331 g/mol. The molecule has 0 aromatic carbocycles. The molecule has 2 aliphatic carbocycles. The van der Waals surface area contributed by atoms with Crippen LogP contribution in [0.1, 0.15) is 6.42 Å². The molecular formula is C16H21FeNO3+2. The van der Waals surface area contributed by atoms with Crippen LogP contribution in [0.25, 0.3) is 0 Å². The van der Waals surface area contributed by atoms with Gasteiger partial charge in [-0.1, -0.05) is 0 Å². The molecule has 1 heterocycles. The van der Waals surface area contributed by atoms with Gasteiger partial charge < -0.3 is 19.9 Å². The van der Waals surface area contributed by atoms with E-state index in [0.29, 0.717) is 13.2 Å². The molecule has 3 fully saturated rings. The molecule has 2 N–H and O–H groups in total. The van der Waals surface area contributed by atoms with Gasteiger partial charge in [0, 0.05) is 13.2 Å². The van der Waals surface area contributed by atoms with E-state index in [1.807, 2.05) is 51.4 Å². The van der Waals surface area contributed by atoms with Crippen LogP contribution in [0, 0.1) is 63.3 Å². The molecule has 10 radical (unpaired) electrons. The average Bonchev–Trinajstić information content (AvgIpc) is 3.13. The Bertz CT molecular complexity index is 254. The van der Waals surface area contributed by atoms with Gasteiger partial charge in [-0.05, 0) is 57.8 Å². The SMILES string of the molecule is COC[C@@H]1CCO[C@H]([C]2[CH][CH][CH][C]2N)O1.[CH]1[CH][CH][CH][CH]1.[Fe+2]. The van der Waals surface area contributed by atoms with Crippen molar-refractivity contribution in [2.24, 2.45) is 5.73 Å². The van der Waals surface area contributed by atoms with Crippen LogP contribution >= 0.6 is 0 Å². The van der Waals surface area contributed by atoms with Crippen LogP contribution in [0.5, 0.6) is 0 Å². The van der Waals surface area contributed by atoms with Crippen LogP contribution in [0.2, 0.25) is 0 Å². The Hall–Kier alpha value is 0.359. The summed E-state index contributed by atoms with van der Waals surface area (Å²) >= 11 is 0. The van der Waals surface area contributed by atoms with Gasteiger partial charge in [-0.25, -0.2) is 0 Å². The molecule has 0 aromatic heterocycles. The zero-order valence-electron chi connectivity index (χ0n) is 12.1. The molecule has 4 nitrogen and oxygen atoms in total. The van der Waals surface area contributed by atoms with Crippen molar-refractivity contribution in [3.8, 4) is 0 Å². The molecule has 1 aliphatic heterocycles. The van der Waals surface area contributed by atoms with Crippen LogP contribution in [-0.4, -0.2) is 32.7 Å². The molecule has 0 spiro atoms. The van der Waals surface area contributed by atoms with Crippen molar-refractivity contribution in [3.05, 3.63) is 63.3 Å². The van der Waals surface area contributed by atoms with Crippen LogP contribution in [0.3, 0.4) is 0 Å². The first-order valence-corrected chi connectivity index (χ1v) is 6.75. The Balaban J connectivity index is 0.000000313. The fourth-order valence-corrected chi connectivity index (χ4v) is 2.04. The summed E-state index contributed by atoms with van der Waals surface area (Å²) in [6, 6.07) is 0.720. The minimum absolute atomic E-state index is 0. The normalized spacial score (nSPS) is 30.6. The zero-order valence-corrected chi connectivity index (χ0v) is 13.2. The third-order valence-electron chi connectivity index (χ3n) is 3.07. The Morgan fingerprint density at radius 2 is 1.81 bits per heavy atom. The van der Waals surface area contributed by atoms with Crippen LogP contribution in [0.15, 0.2) is 0 Å². The maximum Gasteiger partial charge on any atom is 2.00 e.